The Labute approximate surface area is 131 Å². The number of rotatable bonds is 8. The number of nitrogens with two attached hydrogens (primary N) is 1. The van der Waals surface area contributed by atoms with E-state index in [4.69, 9.17) is 15.2 Å². The number of aryl methyl sites for hydroxylation is 1. The number of benzene rings is 1. The Morgan fingerprint density at radius 2 is 1.82 bits per heavy atom. The van der Waals surface area contributed by atoms with Gasteiger partial charge in [-0.25, -0.2) is 0 Å². The summed E-state index contributed by atoms with van der Waals surface area (Å²) in [7, 11) is 0. The van der Waals surface area contributed by atoms with E-state index in [1.54, 1.807) is 6.92 Å². The monoisotopic (exact) mass is 306 g/mol. The minimum absolute atomic E-state index is 0.533. The van der Waals surface area contributed by atoms with Crippen LogP contribution in [0.15, 0.2) is 18.3 Å². The van der Waals surface area contributed by atoms with E-state index in [1.807, 2.05) is 32.2 Å². The van der Waals surface area contributed by atoms with Crippen molar-refractivity contribution in [2.75, 3.05) is 19.8 Å². The van der Waals surface area contributed by atoms with Crippen LogP contribution in [0.1, 0.15) is 38.9 Å². The van der Waals surface area contributed by atoms with Crippen molar-refractivity contribution < 1.29 is 14.6 Å². The van der Waals surface area contributed by atoms with Crippen LogP contribution >= 0.6 is 0 Å². The van der Waals surface area contributed by atoms with Gasteiger partial charge < -0.3 is 24.9 Å². The molecule has 0 fully saturated rings. The van der Waals surface area contributed by atoms with Crippen molar-refractivity contribution in [3.05, 3.63) is 23.9 Å². The summed E-state index contributed by atoms with van der Waals surface area (Å²) in [4.78, 5) is 0. The van der Waals surface area contributed by atoms with Gasteiger partial charge in [0.2, 0.25) is 0 Å². The van der Waals surface area contributed by atoms with Crippen molar-refractivity contribution in [2.24, 2.45) is 5.73 Å². The van der Waals surface area contributed by atoms with E-state index in [-0.39, 0.29) is 0 Å². The highest BCUT2D eigenvalue weighted by Crippen LogP contribution is 2.37. The van der Waals surface area contributed by atoms with Gasteiger partial charge in [0.05, 0.1) is 24.8 Å². The molecule has 0 bridgehead atoms. The third kappa shape index (κ3) is 3.36. The predicted molar refractivity (Wildman–Crippen MR) is 88.6 cm³/mol. The molecule has 5 nitrogen and oxygen atoms in total. The molecule has 0 spiro atoms. The first-order valence-corrected chi connectivity index (χ1v) is 7.92. The molecular weight excluding hydrogens is 280 g/mol. The van der Waals surface area contributed by atoms with E-state index in [9.17, 15) is 5.11 Å². The minimum Gasteiger partial charge on any atom is -0.490 e. The fourth-order valence-corrected chi connectivity index (χ4v) is 2.64. The van der Waals surface area contributed by atoms with Crippen LogP contribution in [-0.2, 0) is 6.54 Å². The second kappa shape index (κ2) is 7.51. The molecule has 1 atom stereocenters. The second-order valence-corrected chi connectivity index (χ2v) is 5.28. The molecule has 1 heterocycles. The zero-order valence-corrected chi connectivity index (χ0v) is 13.6. The molecule has 0 aliphatic heterocycles. The smallest absolute Gasteiger partial charge is 0.163 e. The van der Waals surface area contributed by atoms with Crippen molar-refractivity contribution in [2.45, 2.75) is 39.8 Å². The van der Waals surface area contributed by atoms with E-state index in [2.05, 4.69) is 4.57 Å². The highest BCUT2D eigenvalue weighted by atomic mass is 16.5. The molecule has 22 heavy (non-hydrogen) atoms. The summed E-state index contributed by atoms with van der Waals surface area (Å²) in [5.41, 5.74) is 7.56. The molecule has 0 saturated heterocycles. The molecule has 122 valence electrons. The molecule has 2 rings (SSSR count). The lowest BCUT2D eigenvalue weighted by Crippen LogP contribution is -2.05. The first kappa shape index (κ1) is 16.6. The van der Waals surface area contributed by atoms with E-state index in [0.29, 0.717) is 19.8 Å². The number of hydrogen-bond donors (Lipinski definition) is 2. The van der Waals surface area contributed by atoms with Crippen molar-refractivity contribution >= 4 is 10.9 Å². The number of hydrogen-bond acceptors (Lipinski definition) is 4. The standard InChI is InChI=1S/C17H26N2O3/c1-4-21-16-9-13-14(12(3)20)11-19(8-6-7-18)15(13)10-17(16)22-5-2/h9-12,20H,4-8,18H2,1-3H3. The van der Waals surface area contributed by atoms with Gasteiger partial charge >= 0.3 is 0 Å². The number of fused-ring (bicyclic) bond motifs is 1. The lowest BCUT2D eigenvalue weighted by atomic mass is 10.1. The minimum atomic E-state index is -0.533. The Kier molecular flexibility index (Phi) is 5.69. The highest BCUT2D eigenvalue weighted by Gasteiger charge is 2.16. The van der Waals surface area contributed by atoms with E-state index in [1.165, 1.54) is 0 Å². The van der Waals surface area contributed by atoms with Gasteiger partial charge in [-0.05, 0) is 39.8 Å². The van der Waals surface area contributed by atoms with Gasteiger partial charge in [-0.3, -0.25) is 0 Å². The average molecular weight is 306 g/mol. The third-order valence-electron chi connectivity index (χ3n) is 3.63. The molecule has 3 N–H and O–H groups in total. The highest BCUT2D eigenvalue weighted by molar-refractivity contribution is 5.87. The van der Waals surface area contributed by atoms with Gasteiger partial charge in [0, 0.05) is 29.8 Å². The first-order valence-electron chi connectivity index (χ1n) is 7.92. The largest absolute Gasteiger partial charge is 0.490 e. The quantitative estimate of drug-likeness (QED) is 0.787. The van der Waals surface area contributed by atoms with E-state index < -0.39 is 6.10 Å². The van der Waals surface area contributed by atoms with Crippen molar-refractivity contribution in [3.63, 3.8) is 0 Å². The van der Waals surface area contributed by atoms with Crippen molar-refractivity contribution in [3.8, 4) is 11.5 Å². The van der Waals surface area contributed by atoms with Crippen LogP contribution in [0.5, 0.6) is 11.5 Å². The molecule has 2 aromatic rings. The van der Waals surface area contributed by atoms with Crippen LogP contribution < -0.4 is 15.2 Å². The van der Waals surface area contributed by atoms with E-state index in [0.717, 1.165) is 40.9 Å². The molecule has 0 amide bonds. The average Bonchev–Trinajstić information content (AvgIpc) is 2.84. The normalized spacial score (nSPS) is 12.6. The Morgan fingerprint density at radius 1 is 1.18 bits per heavy atom. The van der Waals surface area contributed by atoms with Crippen LogP contribution in [0, 0.1) is 0 Å². The molecule has 1 unspecified atom stereocenters. The first-order chi connectivity index (χ1) is 10.6. The zero-order valence-electron chi connectivity index (χ0n) is 13.6. The lowest BCUT2D eigenvalue weighted by Gasteiger charge is -2.13. The Balaban J connectivity index is 2.59. The Hall–Kier alpha value is -1.72. The predicted octanol–water partition coefficient (Wildman–Crippen LogP) is 2.84. The molecule has 0 aliphatic rings. The lowest BCUT2D eigenvalue weighted by molar-refractivity contribution is 0.200. The van der Waals surface area contributed by atoms with Crippen LogP contribution in [0.3, 0.4) is 0 Å². The van der Waals surface area contributed by atoms with Crippen LogP contribution in [0.4, 0.5) is 0 Å². The third-order valence-corrected chi connectivity index (χ3v) is 3.63. The Bertz CT molecular complexity index is 620. The molecule has 0 aliphatic carbocycles. The maximum atomic E-state index is 10.0. The molecule has 1 aromatic carbocycles. The van der Waals surface area contributed by atoms with Crippen LogP contribution in [0.2, 0.25) is 0 Å². The van der Waals surface area contributed by atoms with Crippen LogP contribution in [-0.4, -0.2) is 29.4 Å². The number of ether oxygens (including phenoxy) is 2. The summed E-state index contributed by atoms with van der Waals surface area (Å²) in [6, 6.07) is 3.96. The number of aliphatic hydroxyl groups is 1. The van der Waals surface area contributed by atoms with Gasteiger partial charge in [-0.2, -0.15) is 0 Å². The number of nitrogens with zero attached hydrogens (tertiary/aromatic N) is 1. The van der Waals surface area contributed by atoms with Gasteiger partial charge in [-0.1, -0.05) is 0 Å². The fourth-order valence-electron chi connectivity index (χ4n) is 2.64. The van der Waals surface area contributed by atoms with Gasteiger partial charge in [0.1, 0.15) is 0 Å². The zero-order chi connectivity index (χ0) is 16.1. The summed E-state index contributed by atoms with van der Waals surface area (Å²) in [6.07, 6.45) is 2.35. The summed E-state index contributed by atoms with van der Waals surface area (Å²) in [5, 5.41) is 11.0. The van der Waals surface area contributed by atoms with Gasteiger partial charge in [0.25, 0.3) is 0 Å². The Morgan fingerprint density at radius 3 is 2.36 bits per heavy atom. The topological polar surface area (TPSA) is 69.6 Å². The molecule has 1 aromatic heterocycles. The SMILES string of the molecule is CCOc1cc2c(C(C)O)cn(CCCN)c2cc1OCC. The summed E-state index contributed by atoms with van der Waals surface area (Å²) in [5.74, 6) is 1.46. The molecular formula is C17H26N2O3. The number of aliphatic hydroxyl groups excluding tert-OH is 1. The van der Waals surface area contributed by atoms with Gasteiger partial charge in [-0.15, -0.1) is 0 Å². The number of aromatic nitrogens is 1. The van der Waals surface area contributed by atoms with Crippen molar-refractivity contribution in [1.82, 2.24) is 4.57 Å². The summed E-state index contributed by atoms with van der Waals surface area (Å²) in [6.45, 7) is 8.29. The molecule has 0 saturated carbocycles. The van der Waals surface area contributed by atoms with Crippen LogP contribution in [0.25, 0.3) is 10.9 Å². The maximum absolute atomic E-state index is 10.0. The summed E-state index contributed by atoms with van der Waals surface area (Å²) < 4.78 is 13.5. The summed E-state index contributed by atoms with van der Waals surface area (Å²) >= 11 is 0. The van der Waals surface area contributed by atoms with Crippen molar-refractivity contribution in [1.29, 1.82) is 0 Å². The van der Waals surface area contributed by atoms with E-state index >= 15 is 0 Å². The van der Waals surface area contributed by atoms with Gasteiger partial charge in [0.15, 0.2) is 11.5 Å². The maximum Gasteiger partial charge on any atom is 0.163 e. The molecule has 5 heteroatoms. The second-order valence-electron chi connectivity index (χ2n) is 5.28. The fraction of sp³-hybridized carbons (Fsp3) is 0.529. The molecule has 0 radical (unpaired) electrons.